The Kier molecular flexibility index (Phi) is 4.99. The number of rotatable bonds is 5. The third-order valence-corrected chi connectivity index (χ3v) is 1.77. The van der Waals surface area contributed by atoms with Gasteiger partial charge < -0.3 is 10.4 Å². The number of hydrogen-bond donors (Lipinski definition) is 2. The van der Waals surface area contributed by atoms with E-state index < -0.39 is 5.97 Å². The van der Waals surface area contributed by atoms with Crippen LogP contribution in [0.1, 0.15) is 40.5 Å². The van der Waals surface area contributed by atoms with Crippen LogP contribution in [0, 0.1) is 5.41 Å². The van der Waals surface area contributed by atoms with E-state index in [1.165, 1.54) is 0 Å². The highest BCUT2D eigenvalue weighted by atomic mass is 16.4. The summed E-state index contributed by atoms with van der Waals surface area (Å²) in [4.78, 5) is 10.3. The molecule has 0 aromatic carbocycles. The van der Waals surface area contributed by atoms with E-state index in [4.69, 9.17) is 5.11 Å². The van der Waals surface area contributed by atoms with E-state index >= 15 is 0 Å². The highest BCUT2D eigenvalue weighted by Gasteiger charge is 2.12. The zero-order valence-corrected chi connectivity index (χ0v) is 9.05. The van der Waals surface area contributed by atoms with Crippen LogP contribution in [0.2, 0.25) is 0 Å². The van der Waals surface area contributed by atoms with Gasteiger partial charge in [-0.2, -0.15) is 0 Å². The number of hydrogen-bond acceptors (Lipinski definition) is 2. The van der Waals surface area contributed by atoms with E-state index in [2.05, 4.69) is 26.1 Å². The van der Waals surface area contributed by atoms with Crippen molar-refractivity contribution in [2.75, 3.05) is 6.54 Å². The fraction of sp³-hybridized carbons (Fsp3) is 0.900. The molecular formula is C10H21NO2. The summed E-state index contributed by atoms with van der Waals surface area (Å²) in [5.41, 5.74) is 0.261. The largest absolute Gasteiger partial charge is 0.481 e. The molecular weight excluding hydrogens is 166 g/mol. The van der Waals surface area contributed by atoms with Crippen molar-refractivity contribution in [2.24, 2.45) is 5.41 Å². The van der Waals surface area contributed by atoms with Gasteiger partial charge in [0, 0.05) is 19.0 Å². The van der Waals surface area contributed by atoms with Gasteiger partial charge in [0.15, 0.2) is 0 Å². The van der Waals surface area contributed by atoms with Gasteiger partial charge in [-0.3, -0.25) is 4.79 Å². The Labute approximate surface area is 80.5 Å². The number of carbonyl (C=O) groups is 1. The zero-order chi connectivity index (χ0) is 10.5. The van der Waals surface area contributed by atoms with Crippen LogP contribution in [0.5, 0.6) is 0 Å². The molecule has 0 saturated heterocycles. The fourth-order valence-electron chi connectivity index (χ4n) is 0.922. The Morgan fingerprint density at radius 3 is 2.38 bits per heavy atom. The van der Waals surface area contributed by atoms with Crippen LogP contribution < -0.4 is 5.32 Å². The van der Waals surface area contributed by atoms with Crippen molar-refractivity contribution in [3.05, 3.63) is 0 Å². The van der Waals surface area contributed by atoms with Crippen molar-refractivity contribution >= 4 is 5.97 Å². The topological polar surface area (TPSA) is 49.3 Å². The molecule has 78 valence electrons. The Balaban J connectivity index is 3.52. The van der Waals surface area contributed by atoms with Crippen LogP contribution in [-0.4, -0.2) is 23.7 Å². The van der Waals surface area contributed by atoms with E-state index in [1.807, 2.05) is 6.92 Å². The maximum Gasteiger partial charge on any atom is 0.303 e. The second-order valence-corrected chi connectivity index (χ2v) is 4.78. The summed E-state index contributed by atoms with van der Waals surface area (Å²) in [5.74, 6) is -0.718. The van der Waals surface area contributed by atoms with Crippen LogP contribution in [0.3, 0.4) is 0 Å². The summed E-state index contributed by atoms with van der Waals surface area (Å²) >= 11 is 0. The average Bonchev–Trinajstić information content (AvgIpc) is 1.95. The summed E-state index contributed by atoms with van der Waals surface area (Å²) in [7, 11) is 0. The molecule has 0 fully saturated rings. The summed E-state index contributed by atoms with van der Waals surface area (Å²) in [6, 6.07) is 0.287. The first-order valence-electron chi connectivity index (χ1n) is 4.76. The lowest BCUT2D eigenvalue weighted by Gasteiger charge is -2.22. The zero-order valence-electron chi connectivity index (χ0n) is 9.05. The van der Waals surface area contributed by atoms with Gasteiger partial charge >= 0.3 is 5.97 Å². The van der Waals surface area contributed by atoms with Gasteiger partial charge in [-0.1, -0.05) is 20.8 Å². The lowest BCUT2D eigenvalue weighted by atomic mass is 9.96. The normalized spacial score (nSPS) is 14.2. The van der Waals surface area contributed by atoms with E-state index in [0.29, 0.717) is 6.42 Å². The first kappa shape index (κ1) is 12.4. The van der Waals surface area contributed by atoms with Gasteiger partial charge in [0.25, 0.3) is 0 Å². The molecule has 3 heteroatoms. The highest BCUT2D eigenvalue weighted by molar-refractivity contribution is 5.66. The summed E-state index contributed by atoms with van der Waals surface area (Å²) in [6.07, 6.45) is 0.948. The highest BCUT2D eigenvalue weighted by Crippen LogP contribution is 2.11. The number of carboxylic acid groups (broad SMARTS) is 1. The van der Waals surface area contributed by atoms with E-state index in [0.717, 1.165) is 6.54 Å². The minimum Gasteiger partial charge on any atom is -0.481 e. The Morgan fingerprint density at radius 1 is 1.46 bits per heavy atom. The van der Waals surface area contributed by atoms with Gasteiger partial charge in [-0.15, -0.1) is 0 Å². The first-order chi connectivity index (χ1) is 5.81. The molecule has 0 aliphatic carbocycles. The second-order valence-electron chi connectivity index (χ2n) is 4.78. The summed E-state index contributed by atoms with van der Waals surface area (Å²) in [5, 5.41) is 11.8. The van der Waals surface area contributed by atoms with E-state index in [9.17, 15) is 4.79 Å². The molecule has 0 saturated carbocycles. The molecule has 0 aromatic heterocycles. The van der Waals surface area contributed by atoms with Crippen LogP contribution in [0.4, 0.5) is 0 Å². The molecule has 0 radical (unpaired) electrons. The van der Waals surface area contributed by atoms with Gasteiger partial charge in [0.1, 0.15) is 0 Å². The van der Waals surface area contributed by atoms with Gasteiger partial charge in [0.05, 0.1) is 0 Å². The third kappa shape index (κ3) is 9.34. The fourth-order valence-corrected chi connectivity index (χ4v) is 0.922. The van der Waals surface area contributed by atoms with Gasteiger partial charge in [-0.25, -0.2) is 0 Å². The lowest BCUT2D eigenvalue weighted by molar-refractivity contribution is -0.137. The standard InChI is InChI=1S/C10H21NO2/c1-8(5-6-9(12)13)11-7-10(2,3)4/h8,11H,5-7H2,1-4H3,(H,12,13). The minimum absolute atomic E-state index is 0.248. The van der Waals surface area contributed by atoms with E-state index in [-0.39, 0.29) is 17.9 Å². The van der Waals surface area contributed by atoms with Crippen molar-refractivity contribution < 1.29 is 9.90 Å². The maximum absolute atomic E-state index is 10.3. The third-order valence-electron chi connectivity index (χ3n) is 1.77. The molecule has 0 bridgehead atoms. The molecule has 0 spiro atoms. The Hall–Kier alpha value is -0.570. The Bertz CT molecular complexity index is 161. The number of carboxylic acids is 1. The summed E-state index contributed by atoms with van der Waals surface area (Å²) in [6.45, 7) is 9.42. The van der Waals surface area contributed by atoms with Crippen molar-refractivity contribution in [3.63, 3.8) is 0 Å². The smallest absolute Gasteiger partial charge is 0.303 e. The molecule has 0 aliphatic rings. The maximum atomic E-state index is 10.3. The van der Waals surface area contributed by atoms with E-state index in [1.54, 1.807) is 0 Å². The molecule has 3 nitrogen and oxygen atoms in total. The predicted octanol–water partition coefficient (Wildman–Crippen LogP) is 1.88. The molecule has 0 aliphatic heterocycles. The molecule has 1 atom stereocenters. The van der Waals surface area contributed by atoms with Crippen molar-refractivity contribution in [3.8, 4) is 0 Å². The first-order valence-corrected chi connectivity index (χ1v) is 4.76. The number of aliphatic carboxylic acids is 1. The van der Waals surface area contributed by atoms with Crippen LogP contribution in [-0.2, 0) is 4.79 Å². The van der Waals surface area contributed by atoms with Gasteiger partial charge in [0.2, 0.25) is 0 Å². The minimum atomic E-state index is -0.718. The molecule has 0 aromatic rings. The van der Waals surface area contributed by atoms with Crippen LogP contribution in [0.25, 0.3) is 0 Å². The van der Waals surface area contributed by atoms with Gasteiger partial charge in [-0.05, 0) is 18.8 Å². The SMILES string of the molecule is CC(CCC(=O)O)NCC(C)(C)C. The monoisotopic (exact) mass is 187 g/mol. The van der Waals surface area contributed by atoms with Crippen LogP contribution in [0.15, 0.2) is 0 Å². The molecule has 1 unspecified atom stereocenters. The predicted molar refractivity (Wildman–Crippen MR) is 53.8 cm³/mol. The summed E-state index contributed by atoms with van der Waals surface area (Å²) < 4.78 is 0. The lowest BCUT2D eigenvalue weighted by Crippen LogP contribution is -2.34. The molecule has 2 N–H and O–H groups in total. The molecule has 0 rings (SSSR count). The van der Waals surface area contributed by atoms with Crippen molar-refractivity contribution in [1.29, 1.82) is 0 Å². The second kappa shape index (κ2) is 5.22. The molecule has 0 amide bonds. The average molecular weight is 187 g/mol. The molecule has 0 heterocycles. The number of nitrogens with one attached hydrogen (secondary N) is 1. The van der Waals surface area contributed by atoms with Crippen LogP contribution >= 0.6 is 0 Å². The Morgan fingerprint density at radius 2 is 2.00 bits per heavy atom. The quantitative estimate of drug-likeness (QED) is 0.691. The van der Waals surface area contributed by atoms with Crippen molar-refractivity contribution in [2.45, 2.75) is 46.6 Å². The molecule has 13 heavy (non-hydrogen) atoms. The van der Waals surface area contributed by atoms with Crippen molar-refractivity contribution in [1.82, 2.24) is 5.32 Å².